The van der Waals surface area contributed by atoms with E-state index in [1.54, 1.807) is 0 Å². The maximum absolute atomic E-state index is 13.5. The molecule has 1 amide bonds. The van der Waals surface area contributed by atoms with E-state index in [0.29, 0.717) is 12.8 Å². The number of rotatable bonds is 63. The van der Waals surface area contributed by atoms with Gasteiger partial charge in [0.15, 0.2) is 18.9 Å². The van der Waals surface area contributed by atoms with Crippen LogP contribution in [0.4, 0.5) is 0 Å². The van der Waals surface area contributed by atoms with Gasteiger partial charge >= 0.3 is 0 Å². The number of carbonyl (C=O) groups is 1. The fourth-order valence-corrected chi connectivity index (χ4v) is 13.7. The van der Waals surface area contributed by atoms with Gasteiger partial charge in [-0.2, -0.15) is 0 Å². The highest BCUT2D eigenvalue weighted by Crippen LogP contribution is 2.33. The van der Waals surface area contributed by atoms with Gasteiger partial charge in [0.2, 0.25) is 5.91 Å². The van der Waals surface area contributed by atoms with Crippen molar-refractivity contribution in [1.29, 1.82) is 0 Å². The average Bonchev–Trinajstić information content (AvgIpc) is 0.786. The zero-order valence-corrected chi connectivity index (χ0v) is 59.9. The molecule has 0 radical (unpaired) electrons. The molecule has 0 aliphatic carbocycles. The van der Waals surface area contributed by atoms with Gasteiger partial charge in [0, 0.05) is 6.42 Å². The maximum atomic E-state index is 13.5. The Labute approximate surface area is 576 Å². The van der Waals surface area contributed by atoms with Crippen molar-refractivity contribution in [2.75, 3.05) is 26.4 Å². The van der Waals surface area contributed by atoms with E-state index < -0.39 is 124 Å². The van der Waals surface area contributed by atoms with Gasteiger partial charge < -0.3 is 89.9 Å². The molecular formula is C76H145NO18. The number of amides is 1. The minimum atomic E-state index is -1.97. The molecule has 0 aromatic rings. The summed E-state index contributed by atoms with van der Waals surface area (Å²) in [5.74, 6) is -0.235. The topological polar surface area (TPSA) is 307 Å². The second-order valence-corrected chi connectivity index (χ2v) is 28.5. The van der Waals surface area contributed by atoms with Crippen molar-refractivity contribution >= 4 is 5.91 Å². The second kappa shape index (κ2) is 58.1. The lowest BCUT2D eigenvalue weighted by Crippen LogP contribution is -2.66. The predicted molar refractivity (Wildman–Crippen MR) is 374 cm³/mol. The van der Waals surface area contributed by atoms with Gasteiger partial charge in [0.1, 0.15) is 73.2 Å². The molecule has 3 fully saturated rings. The Hall–Kier alpha value is -1.47. The molecule has 0 bridgehead atoms. The van der Waals surface area contributed by atoms with Crippen LogP contribution in [0.3, 0.4) is 0 Å². The van der Waals surface area contributed by atoms with E-state index in [4.69, 9.17) is 28.4 Å². The Morgan fingerprint density at radius 1 is 0.368 bits per heavy atom. The summed E-state index contributed by atoms with van der Waals surface area (Å²) in [6.45, 7) is 1.86. The third kappa shape index (κ3) is 39.0. The van der Waals surface area contributed by atoms with Gasteiger partial charge in [-0.1, -0.05) is 302 Å². The fraction of sp³-hybridized carbons (Fsp3) is 0.961. The van der Waals surface area contributed by atoms with Crippen LogP contribution in [-0.2, 0) is 33.2 Å². The van der Waals surface area contributed by atoms with E-state index in [-0.39, 0.29) is 18.9 Å². The molecule has 12 N–H and O–H groups in total. The first-order valence-electron chi connectivity index (χ1n) is 39.4. The van der Waals surface area contributed by atoms with Gasteiger partial charge in [0.25, 0.3) is 0 Å². The van der Waals surface area contributed by atoms with E-state index in [1.165, 1.54) is 257 Å². The minimum absolute atomic E-state index is 0.235. The number of ether oxygens (including phenoxy) is 6. The quantitative estimate of drug-likeness (QED) is 0.0199. The lowest BCUT2D eigenvalue weighted by Gasteiger charge is -2.48. The van der Waals surface area contributed by atoms with Gasteiger partial charge in [-0.25, -0.2) is 0 Å². The molecule has 19 nitrogen and oxygen atoms in total. The molecule has 0 saturated carbocycles. The Bertz CT molecular complexity index is 1770. The second-order valence-electron chi connectivity index (χ2n) is 28.5. The molecule has 19 heteroatoms. The number of aliphatic hydroxyl groups is 11. The zero-order valence-electron chi connectivity index (χ0n) is 59.9. The first kappa shape index (κ1) is 87.7. The van der Waals surface area contributed by atoms with E-state index in [2.05, 4.69) is 31.3 Å². The highest BCUT2D eigenvalue weighted by Gasteiger charge is 2.54. The van der Waals surface area contributed by atoms with Crippen LogP contribution in [-0.4, -0.2) is 193 Å². The van der Waals surface area contributed by atoms with Gasteiger partial charge in [0.05, 0.1) is 38.6 Å². The molecule has 3 heterocycles. The molecule has 17 unspecified atom stereocenters. The molecule has 562 valence electrons. The lowest BCUT2D eigenvalue weighted by atomic mass is 9.96. The van der Waals surface area contributed by atoms with Gasteiger partial charge in [-0.3, -0.25) is 4.79 Å². The molecule has 0 aromatic carbocycles. The smallest absolute Gasteiger partial charge is 0.220 e. The predicted octanol–water partition coefficient (Wildman–Crippen LogP) is 12.4. The van der Waals surface area contributed by atoms with Crippen LogP contribution < -0.4 is 5.32 Å². The van der Waals surface area contributed by atoms with Crippen molar-refractivity contribution in [3.8, 4) is 0 Å². The number of allylic oxidation sites excluding steroid dienone is 2. The number of hydrogen-bond acceptors (Lipinski definition) is 18. The van der Waals surface area contributed by atoms with E-state index in [0.717, 1.165) is 44.9 Å². The summed E-state index contributed by atoms with van der Waals surface area (Å²) >= 11 is 0. The van der Waals surface area contributed by atoms with Crippen molar-refractivity contribution in [3.63, 3.8) is 0 Å². The molecule has 17 atom stereocenters. The first-order valence-corrected chi connectivity index (χ1v) is 39.4. The molecule has 3 aliphatic heterocycles. The normalized spacial score (nSPS) is 27.2. The SMILES string of the molecule is CCCCCCCCCC/C=C\CCCCCCCCCCCCCCCCCCCC(=O)NC(COC1OC(CO)C(OC2OC(CO)C(OC3OC(CO)C(O)C(O)C3O)C(O)C2O)C(O)C1O)C(O)CCCCCCCCCCCCCCCCCCCCCCC. The lowest BCUT2D eigenvalue weighted by molar-refractivity contribution is -0.379. The van der Waals surface area contributed by atoms with Crippen molar-refractivity contribution in [2.45, 2.75) is 439 Å². The summed E-state index contributed by atoms with van der Waals surface area (Å²) in [6.07, 6.45) is 40.1. The summed E-state index contributed by atoms with van der Waals surface area (Å²) in [5.41, 5.74) is 0. The third-order valence-corrected chi connectivity index (χ3v) is 20.1. The zero-order chi connectivity index (χ0) is 68.9. The monoisotopic (exact) mass is 1360 g/mol. The summed E-state index contributed by atoms with van der Waals surface area (Å²) < 4.78 is 34.5. The number of hydrogen-bond donors (Lipinski definition) is 12. The van der Waals surface area contributed by atoms with Crippen molar-refractivity contribution in [3.05, 3.63) is 12.2 Å². The van der Waals surface area contributed by atoms with Gasteiger partial charge in [-0.05, 0) is 38.5 Å². The molecular weight excluding hydrogens is 1210 g/mol. The van der Waals surface area contributed by atoms with Crippen LogP contribution in [0.5, 0.6) is 0 Å². The largest absolute Gasteiger partial charge is 0.394 e. The van der Waals surface area contributed by atoms with Crippen LogP contribution in [0.15, 0.2) is 12.2 Å². The standard InChI is InChI=1S/C76H145NO18/c1-3-5-7-9-11-13-15-17-19-21-23-25-26-27-28-29-30-31-32-34-36-38-40-42-44-46-48-50-52-54-64(82)77-59(60(81)53-51-49-47-45-43-41-39-37-35-33-24-22-20-18-16-14-12-10-8-6-4-2)58-90-74-70(88)67(85)72(62(56-79)92-74)95-76-71(89)68(86)73(63(57-80)93-76)94-75-69(87)66(84)65(83)61(55-78)91-75/h21,23,59-63,65-76,78-81,83-89H,3-20,22,24-58H2,1-2H3,(H,77,82)/b23-21-. The molecule has 3 rings (SSSR count). The fourth-order valence-electron chi connectivity index (χ4n) is 13.7. The van der Waals surface area contributed by atoms with Crippen LogP contribution in [0.2, 0.25) is 0 Å². The molecule has 3 aliphatic rings. The van der Waals surface area contributed by atoms with E-state index in [9.17, 15) is 61.0 Å². The third-order valence-electron chi connectivity index (χ3n) is 20.1. The maximum Gasteiger partial charge on any atom is 0.220 e. The molecule has 95 heavy (non-hydrogen) atoms. The number of nitrogens with one attached hydrogen (secondary N) is 1. The van der Waals surface area contributed by atoms with Crippen molar-refractivity contribution < 1.29 is 89.4 Å². The molecule has 0 aromatic heterocycles. The van der Waals surface area contributed by atoms with Crippen LogP contribution in [0.25, 0.3) is 0 Å². The van der Waals surface area contributed by atoms with Crippen LogP contribution >= 0.6 is 0 Å². The van der Waals surface area contributed by atoms with Crippen molar-refractivity contribution in [2.24, 2.45) is 0 Å². The highest BCUT2D eigenvalue weighted by molar-refractivity contribution is 5.76. The van der Waals surface area contributed by atoms with Crippen LogP contribution in [0, 0.1) is 0 Å². The number of carbonyl (C=O) groups excluding carboxylic acids is 1. The minimum Gasteiger partial charge on any atom is -0.394 e. The Balaban J connectivity index is 1.37. The average molecular weight is 1360 g/mol. The highest BCUT2D eigenvalue weighted by atomic mass is 16.8. The number of unbranched alkanes of at least 4 members (excludes halogenated alkanes) is 45. The summed E-state index contributed by atoms with van der Waals surface area (Å²) in [7, 11) is 0. The van der Waals surface area contributed by atoms with Crippen LogP contribution in [0.1, 0.15) is 335 Å². The Morgan fingerprint density at radius 3 is 1.02 bits per heavy atom. The Morgan fingerprint density at radius 2 is 0.663 bits per heavy atom. The number of aliphatic hydroxyl groups excluding tert-OH is 11. The van der Waals surface area contributed by atoms with E-state index in [1.807, 2.05) is 0 Å². The molecule has 0 spiro atoms. The van der Waals surface area contributed by atoms with Crippen molar-refractivity contribution in [1.82, 2.24) is 5.32 Å². The Kier molecular flexibility index (Phi) is 53.6. The summed E-state index contributed by atoms with van der Waals surface area (Å²) in [5, 5.41) is 121. The molecule has 3 saturated heterocycles. The first-order chi connectivity index (χ1) is 46.3. The summed E-state index contributed by atoms with van der Waals surface area (Å²) in [4.78, 5) is 13.5. The van der Waals surface area contributed by atoms with E-state index >= 15 is 0 Å². The summed E-state index contributed by atoms with van der Waals surface area (Å²) in [6, 6.07) is -0.885. The van der Waals surface area contributed by atoms with Gasteiger partial charge in [-0.15, -0.1) is 0 Å².